The fourth-order valence-corrected chi connectivity index (χ4v) is 2.68. The molecule has 1 aromatic carbocycles. The summed E-state index contributed by atoms with van der Waals surface area (Å²) in [6.07, 6.45) is 6.28. The minimum Gasteiger partial charge on any atom is -0.495 e. The van der Waals surface area contributed by atoms with E-state index in [1.54, 1.807) is 13.4 Å². The van der Waals surface area contributed by atoms with Gasteiger partial charge in [-0.3, -0.25) is 0 Å². The van der Waals surface area contributed by atoms with E-state index in [9.17, 15) is 0 Å². The second-order valence-corrected chi connectivity index (χ2v) is 7.21. The van der Waals surface area contributed by atoms with Gasteiger partial charge in [-0.25, -0.2) is 15.0 Å². The average Bonchev–Trinajstić information content (AvgIpc) is 3.00. The Morgan fingerprint density at radius 1 is 1.12 bits per heavy atom. The van der Waals surface area contributed by atoms with Gasteiger partial charge in [0.05, 0.1) is 24.8 Å². The number of benzene rings is 1. The zero-order valence-corrected chi connectivity index (χ0v) is 15.4. The number of hydrogen-bond donors (Lipinski definition) is 0. The van der Waals surface area contributed by atoms with Crippen molar-refractivity contribution in [3.63, 3.8) is 0 Å². The zero-order chi connectivity index (χ0) is 18.0. The van der Waals surface area contributed by atoms with Crippen molar-refractivity contribution in [2.75, 3.05) is 7.11 Å². The van der Waals surface area contributed by atoms with Crippen molar-refractivity contribution in [1.29, 1.82) is 0 Å². The summed E-state index contributed by atoms with van der Waals surface area (Å²) in [5.41, 5.74) is 4.12. The number of nitrogens with zero attached hydrogens (tertiary/aromatic N) is 4. The van der Waals surface area contributed by atoms with Crippen LogP contribution in [-0.2, 0) is 11.8 Å². The van der Waals surface area contributed by atoms with Crippen molar-refractivity contribution < 1.29 is 4.74 Å². The predicted molar refractivity (Wildman–Crippen MR) is 98.4 cm³/mol. The molecule has 0 saturated heterocycles. The molecule has 0 unspecified atom stereocenters. The molecule has 0 bridgehead atoms. The first-order chi connectivity index (χ1) is 11.9. The molecule has 130 valence electrons. The lowest BCUT2D eigenvalue weighted by molar-refractivity contribution is 0.412. The van der Waals surface area contributed by atoms with Crippen molar-refractivity contribution in [3.8, 4) is 11.4 Å². The normalized spacial score (nSPS) is 11.6. The van der Waals surface area contributed by atoms with Crippen molar-refractivity contribution in [2.24, 2.45) is 0 Å². The molecule has 3 aromatic rings. The molecule has 0 fully saturated rings. The molecular formula is C20H24N4O. The lowest BCUT2D eigenvalue weighted by Gasteiger charge is -2.18. The number of rotatable bonds is 4. The van der Waals surface area contributed by atoms with Crippen LogP contribution in [0.25, 0.3) is 5.69 Å². The van der Waals surface area contributed by atoms with Gasteiger partial charge in [0.2, 0.25) is 0 Å². The van der Waals surface area contributed by atoms with E-state index in [0.29, 0.717) is 6.42 Å². The van der Waals surface area contributed by atoms with Gasteiger partial charge < -0.3 is 9.30 Å². The lowest BCUT2D eigenvalue weighted by atomic mass is 9.92. The largest absolute Gasteiger partial charge is 0.495 e. The van der Waals surface area contributed by atoms with Crippen LogP contribution >= 0.6 is 0 Å². The maximum absolute atomic E-state index is 5.58. The van der Waals surface area contributed by atoms with E-state index in [1.165, 1.54) is 0 Å². The monoisotopic (exact) mass is 336 g/mol. The lowest BCUT2D eigenvalue weighted by Crippen LogP contribution is -2.15. The third-order valence-corrected chi connectivity index (χ3v) is 4.07. The van der Waals surface area contributed by atoms with Crippen LogP contribution in [0.1, 0.15) is 43.5 Å². The first-order valence-corrected chi connectivity index (χ1v) is 8.37. The van der Waals surface area contributed by atoms with E-state index in [-0.39, 0.29) is 5.41 Å². The minimum atomic E-state index is 0.0124. The molecule has 3 rings (SSSR count). The van der Waals surface area contributed by atoms with Gasteiger partial charge >= 0.3 is 0 Å². The topological polar surface area (TPSA) is 52.8 Å². The third kappa shape index (κ3) is 3.87. The Bertz CT molecular complexity index is 877. The van der Waals surface area contributed by atoms with Crippen LogP contribution in [0.3, 0.4) is 0 Å². The Kier molecular flexibility index (Phi) is 4.57. The third-order valence-electron chi connectivity index (χ3n) is 4.07. The number of hydrogen-bond acceptors (Lipinski definition) is 4. The highest BCUT2D eigenvalue weighted by Gasteiger charge is 2.16. The Morgan fingerprint density at radius 2 is 1.92 bits per heavy atom. The fraction of sp³-hybridized carbons (Fsp3) is 0.350. The highest BCUT2D eigenvalue weighted by Crippen LogP contribution is 2.26. The van der Waals surface area contributed by atoms with E-state index in [2.05, 4.69) is 36.8 Å². The molecule has 5 nitrogen and oxygen atoms in total. The molecule has 0 aliphatic rings. The van der Waals surface area contributed by atoms with Crippen LogP contribution < -0.4 is 4.74 Å². The minimum absolute atomic E-state index is 0.0124. The molecule has 0 N–H and O–H groups in total. The summed E-state index contributed by atoms with van der Waals surface area (Å²) < 4.78 is 7.54. The number of imidazole rings is 1. The Labute approximate surface area is 148 Å². The molecular weight excluding hydrogens is 312 g/mol. The van der Waals surface area contributed by atoms with Gasteiger partial charge in [0.25, 0.3) is 0 Å². The first-order valence-electron chi connectivity index (χ1n) is 8.37. The van der Waals surface area contributed by atoms with Gasteiger partial charge in [0.1, 0.15) is 11.6 Å². The van der Waals surface area contributed by atoms with E-state index in [4.69, 9.17) is 9.72 Å². The molecule has 0 aliphatic heterocycles. The molecule has 0 saturated carbocycles. The van der Waals surface area contributed by atoms with Crippen LogP contribution in [0.2, 0.25) is 0 Å². The summed E-state index contributed by atoms with van der Waals surface area (Å²) >= 11 is 0. The van der Waals surface area contributed by atoms with Crippen LogP contribution in [0, 0.1) is 6.92 Å². The van der Waals surface area contributed by atoms with Crippen LogP contribution in [-0.4, -0.2) is 26.6 Å². The number of aromatic nitrogens is 4. The molecule has 5 heteroatoms. The Hall–Kier alpha value is -2.69. The summed E-state index contributed by atoms with van der Waals surface area (Å²) in [4.78, 5) is 13.4. The summed E-state index contributed by atoms with van der Waals surface area (Å²) in [7, 11) is 1.68. The van der Waals surface area contributed by atoms with Gasteiger partial charge in [-0.15, -0.1) is 0 Å². The standard InChI is InChI=1S/C20H24N4O/c1-14-12-24(13-22-14)16-7-6-15(10-17(16)25-5)11-19-21-9-8-18(23-19)20(2,3)4/h6-10,12-13H,11H2,1-5H3. The molecule has 0 spiro atoms. The van der Waals surface area contributed by atoms with E-state index in [0.717, 1.165) is 34.2 Å². The second-order valence-electron chi connectivity index (χ2n) is 7.21. The number of methoxy groups -OCH3 is 1. The fourth-order valence-electron chi connectivity index (χ4n) is 2.68. The summed E-state index contributed by atoms with van der Waals surface area (Å²) in [5, 5.41) is 0. The van der Waals surface area contributed by atoms with Gasteiger partial charge in [0, 0.05) is 29.9 Å². The Morgan fingerprint density at radius 3 is 2.56 bits per heavy atom. The van der Waals surface area contributed by atoms with Crippen LogP contribution in [0.5, 0.6) is 5.75 Å². The maximum Gasteiger partial charge on any atom is 0.143 e. The smallest absolute Gasteiger partial charge is 0.143 e. The van der Waals surface area contributed by atoms with Crippen molar-refractivity contribution in [2.45, 2.75) is 39.5 Å². The molecule has 2 aromatic heterocycles. The van der Waals surface area contributed by atoms with Gasteiger partial charge in [-0.05, 0) is 30.7 Å². The van der Waals surface area contributed by atoms with E-state index in [1.807, 2.05) is 42.1 Å². The molecule has 0 atom stereocenters. The van der Waals surface area contributed by atoms with Crippen LogP contribution in [0.4, 0.5) is 0 Å². The quantitative estimate of drug-likeness (QED) is 0.726. The first kappa shape index (κ1) is 17.1. The summed E-state index contributed by atoms with van der Waals surface area (Å²) in [6, 6.07) is 8.15. The Balaban J connectivity index is 1.89. The van der Waals surface area contributed by atoms with E-state index < -0.39 is 0 Å². The molecule has 0 radical (unpaired) electrons. The van der Waals surface area contributed by atoms with Crippen LogP contribution in [0.15, 0.2) is 43.0 Å². The zero-order valence-electron chi connectivity index (χ0n) is 15.4. The molecule has 2 heterocycles. The van der Waals surface area contributed by atoms with Crippen molar-refractivity contribution in [1.82, 2.24) is 19.5 Å². The molecule has 25 heavy (non-hydrogen) atoms. The second kappa shape index (κ2) is 6.67. The van der Waals surface area contributed by atoms with Gasteiger partial charge in [-0.2, -0.15) is 0 Å². The average molecular weight is 336 g/mol. The van der Waals surface area contributed by atoms with Crippen molar-refractivity contribution in [3.05, 3.63) is 65.8 Å². The maximum atomic E-state index is 5.58. The number of aryl methyl sites for hydroxylation is 1. The van der Waals surface area contributed by atoms with Gasteiger partial charge in [0.15, 0.2) is 0 Å². The summed E-state index contributed by atoms with van der Waals surface area (Å²) in [5.74, 6) is 1.63. The predicted octanol–water partition coefficient (Wildman–Crippen LogP) is 3.87. The van der Waals surface area contributed by atoms with E-state index >= 15 is 0 Å². The molecule has 0 amide bonds. The molecule has 0 aliphatic carbocycles. The summed E-state index contributed by atoms with van der Waals surface area (Å²) in [6.45, 7) is 8.44. The van der Waals surface area contributed by atoms with Gasteiger partial charge in [-0.1, -0.05) is 26.8 Å². The highest BCUT2D eigenvalue weighted by atomic mass is 16.5. The van der Waals surface area contributed by atoms with Crippen molar-refractivity contribution >= 4 is 0 Å². The highest BCUT2D eigenvalue weighted by molar-refractivity contribution is 5.49. The number of ether oxygens (including phenoxy) is 1. The SMILES string of the molecule is COc1cc(Cc2nccc(C(C)(C)C)n2)ccc1-n1cnc(C)c1.